The number of halogens is 2. The standard InChI is InChI=1S/C14H13F2NO2/c1-19-10-3-4-11(15)13(7-10)17-8-9-2-5-14(18)12(16)6-9/h2-7,17-18H,8H2,1H3. The van der Waals surface area contributed by atoms with Gasteiger partial charge in [-0.25, -0.2) is 8.78 Å². The van der Waals surface area contributed by atoms with Crippen molar-refractivity contribution >= 4 is 5.69 Å². The summed E-state index contributed by atoms with van der Waals surface area (Å²) in [5.74, 6) is -0.998. The molecule has 0 aliphatic carbocycles. The Bertz CT molecular complexity index is 588. The quantitative estimate of drug-likeness (QED) is 0.891. The van der Waals surface area contributed by atoms with Gasteiger partial charge in [0.05, 0.1) is 12.8 Å². The summed E-state index contributed by atoms with van der Waals surface area (Å²) in [5, 5.41) is 11.9. The molecule has 5 heteroatoms. The van der Waals surface area contributed by atoms with E-state index in [0.29, 0.717) is 11.3 Å². The molecule has 0 radical (unpaired) electrons. The van der Waals surface area contributed by atoms with Crippen molar-refractivity contribution in [2.24, 2.45) is 0 Å². The van der Waals surface area contributed by atoms with Gasteiger partial charge in [-0.05, 0) is 29.8 Å². The molecule has 0 aliphatic rings. The smallest absolute Gasteiger partial charge is 0.165 e. The minimum atomic E-state index is -0.703. The lowest BCUT2D eigenvalue weighted by molar-refractivity contribution is 0.414. The third kappa shape index (κ3) is 3.13. The molecule has 19 heavy (non-hydrogen) atoms. The van der Waals surface area contributed by atoms with Crippen molar-refractivity contribution in [2.45, 2.75) is 6.54 Å². The normalized spacial score (nSPS) is 10.3. The van der Waals surface area contributed by atoms with E-state index in [-0.39, 0.29) is 12.2 Å². The molecule has 0 saturated carbocycles. The molecule has 0 spiro atoms. The molecule has 0 fully saturated rings. The summed E-state index contributed by atoms with van der Waals surface area (Å²) < 4.78 is 31.6. The number of phenolic OH excluding ortho intramolecular Hbond substituents is 1. The number of phenols is 1. The number of hydrogen-bond donors (Lipinski definition) is 2. The van der Waals surface area contributed by atoms with E-state index in [1.54, 1.807) is 6.07 Å². The van der Waals surface area contributed by atoms with Gasteiger partial charge in [0.1, 0.15) is 11.6 Å². The van der Waals surface area contributed by atoms with Gasteiger partial charge in [0.15, 0.2) is 11.6 Å². The number of ether oxygens (including phenoxy) is 1. The SMILES string of the molecule is COc1ccc(F)c(NCc2ccc(O)c(F)c2)c1. The average Bonchev–Trinajstić information content (AvgIpc) is 2.41. The number of rotatable bonds is 4. The molecular formula is C14H13F2NO2. The lowest BCUT2D eigenvalue weighted by atomic mass is 10.2. The van der Waals surface area contributed by atoms with Crippen LogP contribution >= 0.6 is 0 Å². The second-order valence-electron chi connectivity index (χ2n) is 3.99. The zero-order chi connectivity index (χ0) is 13.8. The molecule has 0 bridgehead atoms. The molecule has 100 valence electrons. The van der Waals surface area contributed by atoms with E-state index in [4.69, 9.17) is 9.84 Å². The first-order chi connectivity index (χ1) is 9.10. The number of anilines is 1. The second kappa shape index (κ2) is 5.56. The summed E-state index contributed by atoms with van der Waals surface area (Å²) >= 11 is 0. The summed E-state index contributed by atoms with van der Waals surface area (Å²) in [5.41, 5.74) is 0.866. The Kier molecular flexibility index (Phi) is 3.85. The molecule has 0 aliphatic heterocycles. The van der Waals surface area contributed by atoms with Gasteiger partial charge in [0.2, 0.25) is 0 Å². The highest BCUT2D eigenvalue weighted by atomic mass is 19.1. The molecule has 0 saturated heterocycles. The van der Waals surface area contributed by atoms with Crippen LogP contribution in [0.5, 0.6) is 11.5 Å². The summed E-state index contributed by atoms with van der Waals surface area (Å²) in [6.07, 6.45) is 0. The Morgan fingerprint density at radius 3 is 2.58 bits per heavy atom. The maximum Gasteiger partial charge on any atom is 0.165 e. The Morgan fingerprint density at radius 2 is 1.89 bits per heavy atom. The van der Waals surface area contributed by atoms with Crippen LogP contribution in [0.15, 0.2) is 36.4 Å². The zero-order valence-electron chi connectivity index (χ0n) is 10.3. The van der Waals surface area contributed by atoms with Crippen molar-refractivity contribution in [3.63, 3.8) is 0 Å². The van der Waals surface area contributed by atoms with Crippen molar-refractivity contribution in [1.82, 2.24) is 0 Å². The van der Waals surface area contributed by atoms with Gasteiger partial charge in [0.25, 0.3) is 0 Å². The Labute approximate surface area is 109 Å². The predicted octanol–water partition coefficient (Wildman–Crippen LogP) is 3.29. The van der Waals surface area contributed by atoms with Gasteiger partial charge >= 0.3 is 0 Å². The van der Waals surface area contributed by atoms with Crippen LogP contribution in [-0.2, 0) is 6.54 Å². The van der Waals surface area contributed by atoms with Gasteiger partial charge in [-0.1, -0.05) is 6.07 Å². The van der Waals surface area contributed by atoms with Crippen LogP contribution < -0.4 is 10.1 Å². The van der Waals surface area contributed by atoms with Crippen molar-refractivity contribution < 1.29 is 18.6 Å². The van der Waals surface area contributed by atoms with Gasteiger partial charge < -0.3 is 15.2 Å². The molecule has 2 N–H and O–H groups in total. The van der Waals surface area contributed by atoms with Crippen LogP contribution in [0.3, 0.4) is 0 Å². The highest BCUT2D eigenvalue weighted by Crippen LogP contribution is 2.22. The molecular weight excluding hydrogens is 252 g/mol. The van der Waals surface area contributed by atoms with E-state index in [9.17, 15) is 8.78 Å². The van der Waals surface area contributed by atoms with E-state index in [1.165, 1.54) is 37.4 Å². The topological polar surface area (TPSA) is 41.5 Å². The Morgan fingerprint density at radius 1 is 1.11 bits per heavy atom. The molecule has 0 aromatic heterocycles. The van der Waals surface area contributed by atoms with Crippen molar-refractivity contribution in [1.29, 1.82) is 0 Å². The average molecular weight is 265 g/mol. The fraction of sp³-hybridized carbons (Fsp3) is 0.143. The van der Waals surface area contributed by atoms with Crippen molar-refractivity contribution in [2.75, 3.05) is 12.4 Å². The first kappa shape index (κ1) is 13.1. The summed E-state index contributed by atoms with van der Waals surface area (Å²) in [6, 6.07) is 8.34. The number of aromatic hydroxyl groups is 1. The van der Waals surface area contributed by atoms with Crippen molar-refractivity contribution in [3.8, 4) is 11.5 Å². The zero-order valence-corrected chi connectivity index (χ0v) is 10.3. The van der Waals surface area contributed by atoms with Gasteiger partial charge in [-0.2, -0.15) is 0 Å². The van der Waals surface area contributed by atoms with Crippen LogP contribution in [0.1, 0.15) is 5.56 Å². The fourth-order valence-electron chi connectivity index (χ4n) is 1.62. The van der Waals surface area contributed by atoms with E-state index in [1.807, 2.05) is 0 Å². The number of methoxy groups -OCH3 is 1. The van der Waals surface area contributed by atoms with E-state index >= 15 is 0 Å². The van der Waals surface area contributed by atoms with Gasteiger partial charge in [-0.15, -0.1) is 0 Å². The third-order valence-electron chi connectivity index (χ3n) is 2.67. The molecule has 0 atom stereocenters. The monoisotopic (exact) mass is 265 g/mol. The van der Waals surface area contributed by atoms with Crippen LogP contribution in [0.2, 0.25) is 0 Å². The number of hydrogen-bond acceptors (Lipinski definition) is 3. The minimum Gasteiger partial charge on any atom is -0.505 e. The minimum absolute atomic E-state index is 0.237. The molecule has 3 nitrogen and oxygen atoms in total. The lowest BCUT2D eigenvalue weighted by Crippen LogP contribution is -2.02. The van der Waals surface area contributed by atoms with E-state index in [2.05, 4.69) is 5.32 Å². The summed E-state index contributed by atoms with van der Waals surface area (Å²) in [7, 11) is 1.49. The highest BCUT2D eigenvalue weighted by molar-refractivity contribution is 5.50. The van der Waals surface area contributed by atoms with Crippen LogP contribution in [0.4, 0.5) is 14.5 Å². The second-order valence-corrected chi connectivity index (χ2v) is 3.99. The Balaban J connectivity index is 2.11. The van der Waals surface area contributed by atoms with Gasteiger partial charge in [0, 0.05) is 12.6 Å². The maximum atomic E-state index is 13.5. The van der Waals surface area contributed by atoms with Crippen molar-refractivity contribution in [3.05, 3.63) is 53.6 Å². The van der Waals surface area contributed by atoms with E-state index < -0.39 is 17.4 Å². The maximum absolute atomic E-state index is 13.5. The molecule has 2 rings (SSSR count). The highest BCUT2D eigenvalue weighted by Gasteiger charge is 2.05. The molecule has 0 heterocycles. The molecule has 0 unspecified atom stereocenters. The largest absolute Gasteiger partial charge is 0.505 e. The summed E-state index contributed by atoms with van der Waals surface area (Å²) in [6.45, 7) is 0.237. The molecule has 0 amide bonds. The predicted molar refractivity (Wildman–Crippen MR) is 68.3 cm³/mol. The van der Waals surface area contributed by atoms with Gasteiger partial charge in [-0.3, -0.25) is 0 Å². The Hall–Kier alpha value is -2.30. The fourth-order valence-corrected chi connectivity index (χ4v) is 1.62. The van der Waals surface area contributed by atoms with Crippen LogP contribution in [0.25, 0.3) is 0 Å². The number of benzene rings is 2. The van der Waals surface area contributed by atoms with Crippen LogP contribution in [0, 0.1) is 11.6 Å². The molecule has 2 aromatic rings. The summed E-state index contributed by atoms with van der Waals surface area (Å²) in [4.78, 5) is 0. The third-order valence-corrected chi connectivity index (χ3v) is 2.67. The molecule has 2 aromatic carbocycles. The van der Waals surface area contributed by atoms with E-state index in [0.717, 1.165) is 0 Å². The van der Waals surface area contributed by atoms with Crippen LogP contribution in [-0.4, -0.2) is 12.2 Å². The lowest BCUT2D eigenvalue weighted by Gasteiger charge is -2.09. The first-order valence-electron chi connectivity index (χ1n) is 5.65. The first-order valence-corrected chi connectivity index (χ1v) is 5.65. The number of nitrogens with one attached hydrogen (secondary N) is 1.